The second-order valence-electron chi connectivity index (χ2n) is 5.43. The lowest BCUT2D eigenvalue weighted by molar-refractivity contribution is -0.386. The van der Waals surface area contributed by atoms with Crippen LogP contribution in [0, 0.1) is 15.9 Å². The van der Waals surface area contributed by atoms with Gasteiger partial charge in [-0.1, -0.05) is 18.2 Å². The number of nitro groups is 1. The Morgan fingerprint density at radius 1 is 1.19 bits per heavy atom. The maximum Gasteiger partial charge on any atom is 0.311 e. The number of hydrogen-bond acceptors (Lipinski definition) is 6. The number of nitrogens with zero attached hydrogens (tertiary/aromatic N) is 3. The van der Waals surface area contributed by atoms with Gasteiger partial charge < -0.3 is 5.32 Å². The molecule has 0 unspecified atom stereocenters. The van der Waals surface area contributed by atoms with Crippen molar-refractivity contribution in [3.05, 3.63) is 70.8 Å². The van der Waals surface area contributed by atoms with E-state index in [4.69, 9.17) is 0 Å². The summed E-state index contributed by atoms with van der Waals surface area (Å²) in [4.78, 5) is 10.2. The van der Waals surface area contributed by atoms with Crippen LogP contribution in [0.4, 0.5) is 21.5 Å². The highest BCUT2D eigenvalue weighted by atomic mass is 32.2. The molecule has 0 radical (unpaired) electrons. The van der Waals surface area contributed by atoms with Gasteiger partial charge >= 0.3 is 5.69 Å². The zero-order valence-corrected chi connectivity index (χ0v) is 14.3. The molecule has 1 heterocycles. The zero-order valence-electron chi connectivity index (χ0n) is 13.5. The topological polar surface area (TPSA) is 107 Å². The van der Waals surface area contributed by atoms with Crippen molar-refractivity contribution in [3.63, 3.8) is 0 Å². The summed E-state index contributed by atoms with van der Waals surface area (Å²) in [6.07, 6.45) is 3.69. The Balaban J connectivity index is 2.01. The van der Waals surface area contributed by atoms with Gasteiger partial charge in [0.25, 0.3) is 0 Å². The molecule has 1 aromatic heterocycles. The highest BCUT2D eigenvalue weighted by Gasteiger charge is 2.26. The smallest absolute Gasteiger partial charge is 0.311 e. The molecule has 26 heavy (non-hydrogen) atoms. The second-order valence-corrected chi connectivity index (χ2v) is 7.42. The van der Waals surface area contributed by atoms with Gasteiger partial charge in [-0.15, -0.1) is 0 Å². The summed E-state index contributed by atoms with van der Waals surface area (Å²) < 4.78 is 38.7. The van der Waals surface area contributed by atoms with Crippen molar-refractivity contribution in [3.8, 4) is 5.69 Å². The van der Waals surface area contributed by atoms with Gasteiger partial charge in [0.1, 0.15) is 22.1 Å². The molecule has 0 atom stereocenters. The normalized spacial score (nSPS) is 11.3. The van der Waals surface area contributed by atoms with Crippen molar-refractivity contribution in [2.45, 2.75) is 4.90 Å². The maximum atomic E-state index is 13.8. The Hall–Kier alpha value is -3.27. The van der Waals surface area contributed by atoms with E-state index < -0.39 is 31.2 Å². The molecule has 0 saturated carbocycles. The first-order valence-corrected chi connectivity index (χ1v) is 9.20. The van der Waals surface area contributed by atoms with Gasteiger partial charge in [0, 0.05) is 6.26 Å². The minimum Gasteiger partial charge on any atom is -0.347 e. The molecule has 0 saturated heterocycles. The number of hydrogen-bond donors (Lipinski definition) is 1. The lowest BCUT2D eigenvalue weighted by Gasteiger charge is -2.08. The van der Waals surface area contributed by atoms with Gasteiger partial charge in [-0.3, -0.25) is 10.1 Å². The van der Waals surface area contributed by atoms with Crippen LogP contribution in [0.3, 0.4) is 0 Å². The monoisotopic (exact) mass is 376 g/mol. The number of sulfone groups is 1. The summed E-state index contributed by atoms with van der Waals surface area (Å²) in [5, 5.41) is 18.2. The SMILES string of the molecule is CS(=O)(=O)c1cccc(Nc2cnn(-c3ccccc3F)c2)c1[N+](=O)[O-]. The van der Waals surface area contributed by atoms with E-state index in [2.05, 4.69) is 10.4 Å². The van der Waals surface area contributed by atoms with Crippen LogP contribution in [0.15, 0.2) is 59.8 Å². The van der Waals surface area contributed by atoms with E-state index >= 15 is 0 Å². The third-order valence-corrected chi connectivity index (χ3v) is 4.67. The Bertz CT molecular complexity index is 1100. The summed E-state index contributed by atoms with van der Waals surface area (Å²) in [5.41, 5.74) is -0.0263. The second kappa shape index (κ2) is 6.56. The molecule has 10 heteroatoms. The number of rotatable bonds is 5. The Labute approximate surface area is 148 Å². The molecular weight excluding hydrogens is 363 g/mol. The fraction of sp³-hybridized carbons (Fsp3) is 0.0625. The molecule has 3 aromatic rings. The molecule has 3 rings (SSSR count). The van der Waals surface area contributed by atoms with Gasteiger partial charge in [0.2, 0.25) is 0 Å². The molecule has 0 fully saturated rings. The molecule has 134 valence electrons. The van der Waals surface area contributed by atoms with Crippen molar-refractivity contribution >= 4 is 26.9 Å². The van der Waals surface area contributed by atoms with Gasteiger partial charge in [0.05, 0.1) is 23.0 Å². The van der Waals surface area contributed by atoms with Crippen LogP contribution in [-0.2, 0) is 9.84 Å². The third kappa shape index (κ3) is 3.40. The van der Waals surface area contributed by atoms with Gasteiger partial charge in [-0.2, -0.15) is 5.10 Å². The molecule has 2 aromatic carbocycles. The highest BCUT2D eigenvalue weighted by Crippen LogP contribution is 2.34. The molecule has 0 spiro atoms. The number of anilines is 2. The number of para-hydroxylation sites is 2. The van der Waals surface area contributed by atoms with E-state index in [-0.39, 0.29) is 11.4 Å². The van der Waals surface area contributed by atoms with Crippen LogP contribution in [0.25, 0.3) is 5.69 Å². The lowest BCUT2D eigenvalue weighted by atomic mass is 10.2. The number of halogens is 1. The molecule has 8 nitrogen and oxygen atoms in total. The van der Waals surface area contributed by atoms with E-state index in [1.807, 2.05) is 0 Å². The predicted molar refractivity (Wildman–Crippen MR) is 93.0 cm³/mol. The zero-order chi connectivity index (χ0) is 18.9. The molecular formula is C16H13FN4O4S. The molecule has 0 amide bonds. The number of aromatic nitrogens is 2. The van der Waals surface area contributed by atoms with Gasteiger partial charge in [-0.05, 0) is 24.3 Å². The van der Waals surface area contributed by atoms with Crippen molar-refractivity contribution in [2.75, 3.05) is 11.6 Å². The standard InChI is InChI=1S/C16H13FN4O4S/c1-26(24,25)15-8-4-6-13(16(15)21(22)23)19-11-9-18-20(10-11)14-7-3-2-5-12(14)17/h2-10,19H,1H3. The summed E-state index contributed by atoms with van der Waals surface area (Å²) in [7, 11) is -3.79. The van der Waals surface area contributed by atoms with Crippen molar-refractivity contribution < 1.29 is 17.7 Å². The molecule has 0 aliphatic carbocycles. The van der Waals surface area contributed by atoms with Gasteiger partial charge in [0.15, 0.2) is 9.84 Å². The predicted octanol–water partition coefficient (Wildman–Crippen LogP) is 3.07. The first-order valence-electron chi connectivity index (χ1n) is 7.31. The van der Waals surface area contributed by atoms with Crippen molar-refractivity contribution in [1.82, 2.24) is 9.78 Å². The average molecular weight is 376 g/mol. The number of nitro benzene ring substituents is 1. The number of benzene rings is 2. The first-order chi connectivity index (χ1) is 12.3. The summed E-state index contributed by atoms with van der Waals surface area (Å²) in [6.45, 7) is 0. The van der Waals surface area contributed by atoms with Crippen LogP contribution >= 0.6 is 0 Å². The molecule has 1 N–H and O–H groups in total. The fourth-order valence-corrected chi connectivity index (χ4v) is 3.28. The summed E-state index contributed by atoms with van der Waals surface area (Å²) >= 11 is 0. The Kier molecular flexibility index (Phi) is 4.43. The first kappa shape index (κ1) is 17.5. The minimum atomic E-state index is -3.79. The maximum absolute atomic E-state index is 13.8. The van der Waals surface area contributed by atoms with E-state index in [9.17, 15) is 22.9 Å². The quantitative estimate of drug-likeness (QED) is 0.542. The van der Waals surface area contributed by atoms with E-state index in [1.165, 1.54) is 47.4 Å². The largest absolute Gasteiger partial charge is 0.347 e. The van der Waals surface area contributed by atoms with E-state index in [1.54, 1.807) is 12.1 Å². The summed E-state index contributed by atoms with van der Waals surface area (Å²) in [5.74, 6) is -0.479. The molecule has 0 aliphatic rings. The van der Waals surface area contributed by atoms with Crippen LogP contribution in [0.5, 0.6) is 0 Å². The minimum absolute atomic E-state index is 0.00833. The molecule has 0 aliphatic heterocycles. The lowest BCUT2D eigenvalue weighted by Crippen LogP contribution is -2.05. The Morgan fingerprint density at radius 2 is 1.92 bits per heavy atom. The molecule has 0 bridgehead atoms. The van der Waals surface area contributed by atoms with Crippen molar-refractivity contribution in [1.29, 1.82) is 0 Å². The average Bonchev–Trinajstić information content (AvgIpc) is 3.02. The van der Waals surface area contributed by atoms with Gasteiger partial charge in [-0.25, -0.2) is 17.5 Å². The van der Waals surface area contributed by atoms with E-state index in [0.29, 0.717) is 5.69 Å². The van der Waals surface area contributed by atoms with E-state index in [0.717, 1.165) is 6.26 Å². The summed E-state index contributed by atoms with van der Waals surface area (Å²) in [6, 6.07) is 9.94. The third-order valence-electron chi connectivity index (χ3n) is 3.54. The number of nitrogens with one attached hydrogen (secondary N) is 1. The fourth-order valence-electron chi connectivity index (χ4n) is 2.42. The Morgan fingerprint density at radius 3 is 2.58 bits per heavy atom. The van der Waals surface area contributed by atoms with Crippen LogP contribution in [0.1, 0.15) is 0 Å². The van der Waals surface area contributed by atoms with Crippen molar-refractivity contribution in [2.24, 2.45) is 0 Å². The highest BCUT2D eigenvalue weighted by molar-refractivity contribution is 7.90. The van der Waals surface area contributed by atoms with Crippen LogP contribution in [-0.4, -0.2) is 29.4 Å². The van der Waals surface area contributed by atoms with Crippen LogP contribution < -0.4 is 5.32 Å². The van der Waals surface area contributed by atoms with Crippen LogP contribution in [0.2, 0.25) is 0 Å².